The van der Waals surface area contributed by atoms with Gasteiger partial charge in [-0.05, 0) is 37.3 Å². The highest BCUT2D eigenvalue weighted by Gasteiger charge is 2.53. The molecule has 2 heterocycles. The fraction of sp³-hybridized carbons (Fsp3) is 0.375. The first-order valence-electron chi connectivity index (χ1n) is 10.5. The number of carbonyl (C=O) groups is 3. The van der Waals surface area contributed by atoms with Crippen LogP contribution in [0, 0.1) is 0 Å². The van der Waals surface area contributed by atoms with Crippen LogP contribution in [0.4, 0.5) is 4.79 Å². The quantitative estimate of drug-likeness (QED) is 0.778. The molecule has 0 spiro atoms. The highest BCUT2D eigenvalue weighted by molar-refractivity contribution is 6.09. The second-order valence-electron chi connectivity index (χ2n) is 8.19. The summed E-state index contributed by atoms with van der Waals surface area (Å²) in [5, 5.41) is 2.92. The number of piperidine rings is 1. The summed E-state index contributed by atoms with van der Waals surface area (Å²) >= 11 is 0. The highest BCUT2D eigenvalue weighted by Crippen LogP contribution is 2.33. The normalized spacial score (nSPS) is 24.1. The minimum absolute atomic E-state index is 0.134. The summed E-state index contributed by atoms with van der Waals surface area (Å²) in [4.78, 5) is 42.3. The summed E-state index contributed by atoms with van der Waals surface area (Å²) in [5.74, 6) is -0.546. The fourth-order valence-electron chi connectivity index (χ4n) is 4.51. The first kappa shape index (κ1) is 20.1. The van der Waals surface area contributed by atoms with Gasteiger partial charge in [0.05, 0.1) is 0 Å². The summed E-state index contributed by atoms with van der Waals surface area (Å²) in [5.41, 5.74) is 0.439. The molecule has 2 saturated heterocycles. The smallest absolute Gasteiger partial charge is 0.325 e. The Morgan fingerprint density at radius 3 is 2.37 bits per heavy atom. The van der Waals surface area contributed by atoms with Crippen molar-refractivity contribution in [3.8, 4) is 0 Å². The molecule has 0 aliphatic carbocycles. The zero-order valence-electron chi connectivity index (χ0n) is 17.2. The van der Waals surface area contributed by atoms with Gasteiger partial charge in [0.1, 0.15) is 6.54 Å². The van der Waals surface area contributed by atoms with E-state index in [1.165, 1.54) is 0 Å². The van der Waals surface area contributed by atoms with E-state index in [9.17, 15) is 14.4 Å². The Balaban J connectivity index is 1.63. The number of hydrogen-bond acceptors (Lipinski definition) is 3. The molecule has 6 heteroatoms. The Bertz CT molecular complexity index is 931. The van der Waals surface area contributed by atoms with Crippen LogP contribution in [-0.4, -0.2) is 46.8 Å². The van der Waals surface area contributed by atoms with Gasteiger partial charge < -0.3 is 10.2 Å². The van der Waals surface area contributed by atoms with Crippen LogP contribution in [0.15, 0.2) is 60.7 Å². The molecule has 2 aliphatic rings. The Morgan fingerprint density at radius 1 is 1.03 bits per heavy atom. The number of likely N-dealkylation sites (tertiary alicyclic amines) is 1. The molecule has 2 aromatic rings. The minimum atomic E-state index is -1.21. The summed E-state index contributed by atoms with van der Waals surface area (Å²) in [7, 11) is 0. The van der Waals surface area contributed by atoms with Crippen molar-refractivity contribution in [3.05, 3.63) is 71.8 Å². The van der Waals surface area contributed by atoms with Gasteiger partial charge in [0.25, 0.3) is 5.91 Å². The molecule has 30 heavy (non-hydrogen) atoms. The molecule has 1 N–H and O–H groups in total. The van der Waals surface area contributed by atoms with Crippen molar-refractivity contribution in [1.29, 1.82) is 0 Å². The summed E-state index contributed by atoms with van der Waals surface area (Å²) in [6.45, 7) is 2.47. The molecule has 0 unspecified atom stereocenters. The number of urea groups is 1. The monoisotopic (exact) mass is 405 g/mol. The summed E-state index contributed by atoms with van der Waals surface area (Å²) in [6, 6.07) is 18.5. The third-order valence-corrected chi connectivity index (χ3v) is 6.17. The van der Waals surface area contributed by atoms with Gasteiger partial charge in [-0.15, -0.1) is 0 Å². The van der Waals surface area contributed by atoms with Gasteiger partial charge in [0, 0.05) is 19.0 Å². The molecule has 6 nitrogen and oxygen atoms in total. The first-order chi connectivity index (χ1) is 14.5. The van der Waals surface area contributed by atoms with Crippen LogP contribution in [0.1, 0.15) is 37.3 Å². The van der Waals surface area contributed by atoms with Crippen LogP contribution < -0.4 is 5.32 Å². The van der Waals surface area contributed by atoms with Crippen molar-refractivity contribution in [3.63, 3.8) is 0 Å². The fourth-order valence-corrected chi connectivity index (χ4v) is 4.51. The first-order valence-corrected chi connectivity index (χ1v) is 10.5. The number of amides is 4. The maximum absolute atomic E-state index is 13.6. The number of rotatable bonds is 5. The van der Waals surface area contributed by atoms with Crippen LogP contribution >= 0.6 is 0 Å². The highest BCUT2D eigenvalue weighted by atomic mass is 16.2. The molecule has 0 saturated carbocycles. The Labute approximate surface area is 176 Å². The second kappa shape index (κ2) is 8.30. The van der Waals surface area contributed by atoms with E-state index >= 15 is 0 Å². The van der Waals surface area contributed by atoms with Gasteiger partial charge in [-0.1, -0.05) is 60.7 Å². The predicted molar refractivity (Wildman–Crippen MR) is 114 cm³/mol. The molecule has 0 bridgehead atoms. The molecule has 156 valence electrons. The average Bonchev–Trinajstić information content (AvgIpc) is 3.00. The Morgan fingerprint density at radius 2 is 1.70 bits per heavy atom. The van der Waals surface area contributed by atoms with E-state index in [1.807, 2.05) is 67.6 Å². The number of hydrogen-bond donors (Lipinski definition) is 1. The van der Waals surface area contributed by atoms with Crippen molar-refractivity contribution in [2.24, 2.45) is 0 Å². The van der Waals surface area contributed by atoms with E-state index < -0.39 is 11.6 Å². The topological polar surface area (TPSA) is 69.7 Å². The van der Waals surface area contributed by atoms with Crippen molar-refractivity contribution in [2.45, 2.75) is 44.2 Å². The van der Waals surface area contributed by atoms with Crippen LogP contribution in [0.2, 0.25) is 0 Å². The number of benzene rings is 2. The summed E-state index contributed by atoms with van der Waals surface area (Å²) < 4.78 is 0. The van der Waals surface area contributed by atoms with Crippen molar-refractivity contribution >= 4 is 17.8 Å². The van der Waals surface area contributed by atoms with Crippen LogP contribution in [-0.2, 0) is 21.5 Å². The van der Waals surface area contributed by atoms with E-state index in [0.717, 1.165) is 29.7 Å². The number of nitrogens with one attached hydrogen (secondary N) is 1. The lowest BCUT2D eigenvalue weighted by Gasteiger charge is -2.34. The van der Waals surface area contributed by atoms with Crippen LogP contribution in [0.5, 0.6) is 0 Å². The molecule has 2 atom stereocenters. The van der Waals surface area contributed by atoms with E-state index in [-0.39, 0.29) is 24.4 Å². The minimum Gasteiger partial charge on any atom is -0.338 e. The van der Waals surface area contributed by atoms with Gasteiger partial charge in [0.2, 0.25) is 5.91 Å². The third-order valence-electron chi connectivity index (χ3n) is 6.17. The van der Waals surface area contributed by atoms with Crippen LogP contribution in [0.3, 0.4) is 0 Å². The summed E-state index contributed by atoms with van der Waals surface area (Å²) in [6.07, 6.45) is 3.33. The number of carbonyl (C=O) groups excluding carboxylic acids is 3. The maximum Gasteiger partial charge on any atom is 0.325 e. The van der Waals surface area contributed by atoms with E-state index in [0.29, 0.717) is 18.5 Å². The lowest BCUT2D eigenvalue weighted by atomic mass is 9.83. The van der Waals surface area contributed by atoms with Crippen LogP contribution in [0.25, 0.3) is 0 Å². The van der Waals surface area contributed by atoms with Gasteiger partial charge in [0.15, 0.2) is 5.54 Å². The average molecular weight is 405 g/mol. The largest absolute Gasteiger partial charge is 0.338 e. The van der Waals surface area contributed by atoms with Crippen molar-refractivity contribution in [1.82, 2.24) is 15.1 Å². The molecule has 4 amide bonds. The number of nitrogens with zero attached hydrogens (tertiary/aromatic N) is 2. The molecule has 4 rings (SSSR count). The molecule has 0 radical (unpaired) electrons. The van der Waals surface area contributed by atoms with E-state index in [4.69, 9.17) is 0 Å². The number of imide groups is 1. The third kappa shape index (κ3) is 3.70. The van der Waals surface area contributed by atoms with Gasteiger partial charge >= 0.3 is 6.03 Å². The molecule has 2 aromatic carbocycles. The molecule has 2 fully saturated rings. The molecular weight excluding hydrogens is 378 g/mol. The van der Waals surface area contributed by atoms with E-state index in [2.05, 4.69) is 5.32 Å². The maximum atomic E-state index is 13.6. The predicted octanol–water partition coefficient (Wildman–Crippen LogP) is 3.08. The Hall–Kier alpha value is -3.15. The lowest BCUT2D eigenvalue weighted by Crippen LogP contribution is -2.49. The van der Waals surface area contributed by atoms with Gasteiger partial charge in [-0.25, -0.2) is 4.79 Å². The zero-order valence-corrected chi connectivity index (χ0v) is 17.2. The molecule has 0 aromatic heterocycles. The van der Waals surface area contributed by atoms with Crippen molar-refractivity contribution in [2.75, 3.05) is 13.1 Å². The lowest BCUT2D eigenvalue weighted by molar-refractivity contribution is -0.141. The molecular formula is C24H27N3O3. The van der Waals surface area contributed by atoms with Crippen molar-refractivity contribution < 1.29 is 14.4 Å². The molecule has 2 aliphatic heterocycles. The Kier molecular flexibility index (Phi) is 5.57. The second-order valence-corrected chi connectivity index (χ2v) is 8.19. The van der Waals surface area contributed by atoms with Gasteiger partial charge in [-0.2, -0.15) is 0 Å². The SMILES string of the molecule is C[C@H]1CCCCN1C(=O)CN1C(=O)N[C@](Cc2ccccc2)(c2ccccc2)C1=O. The van der Waals surface area contributed by atoms with Gasteiger partial charge in [-0.3, -0.25) is 14.5 Å². The standard InChI is InChI=1S/C24H27N3O3/c1-18-10-8-9-15-26(18)21(28)17-27-22(29)24(25-23(27)30,20-13-6-3-7-14-20)16-19-11-4-2-5-12-19/h2-7,11-14,18H,8-10,15-17H2,1H3,(H,25,30)/t18-,24+/m0/s1. The zero-order chi connectivity index (χ0) is 21.1. The van der Waals surface area contributed by atoms with E-state index in [1.54, 1.807) is 4.90 Å².